The first kappa shape index (κ1) is 17.0. The van der Waals surface area contributed by atoms with Crippen molar-refractivity contribution >= 4 is 9.84 Å². The molecule has 4 nitrogen and oxygen atoms in total. The molecule has 1 heterocycles. The molecule has 0 bridgehead atoms. The van der Waals surface area contributed by atoms with Crippen LogP contribution in [0.4, 0.5) is 0 Å². The minimum Gasteiger partial charge on any atom is -0.497 e. The number of methoxy groups -OCH3 is 1. The molecule has 0 spiro atoms. The molecule has 24 heavy (non-hydrogen) atoms. The third kappa shape index (κ3) is 3.97. The molecule has 1 aliphatic rings. The number of nitrogens with zero attached hydrogens (tertiary/aromatic N) is 1. The van der Waals surface area contributed by atoms with Gasteiger partial charge >= 0.3 is 0 Å². The van der Waals surface area contributed by atoms with E-state index in [2.05, 4.69) is 29.2 Å². The number of sulfone groups is 1. The average Bonchev–Trinajstić information content (AvgIpc) is 2.58. The number of hydrogen-bond acceptors (Lipinski definition) is 4. The number of hydrogen-bond donors (Lipinski definition) is 0. The SMILES string of the molecule is COc1ccc2c(c1)CN(CCS(C)(=O)=O)[C@@H](c1ccccc1)C2. The summed E-state index contributed by atoms with van der Waals surface area (Å²) in [6, 6.07) is 16.7. The zero-order valence-corrected chi connectivity index (χ0v) is 14.9. The van der Waals surface area contributed by atoms with Crippen molar-refractivity contribution in [3.63, 3.8) is 0 Å². The van der Waals surface area contributed by atoms with E-state index in [1.54, 1.807) is 7.11 Å². The van der Waals surface area contributed by atoms with Gasteiger partial charge in [0.05, 0.1) is 12.9 Å². The molecule has 3 rings (SSSR count). The summed E-state index contributed by atoms with van der Waals surface area (Å²) in [5.74, 6) is 1.02. The van der Waals surface area contributed by atoms with Crippen molar-refractivity contribution in [2.75, 3.05) is 25.7 Å². The zero-order chi connectivity index (χ0) is 17.2. The smallest absolute Gasteiger partial charge is 0.148 e. The highest BCUT2D eigenvalue weighted by atomic mass is 32.2. The van der Waals surface area contributed by atoms with Crippen LogP contribution in [0, 0.1) is 0 Å². The second kappa shape index (κ2) is 6.95. The molecule has 0 aromatic heterocycles. The molecule has 0 radical (unpaired) electrons. The van der Waals surface area contributed by atoms with Gasteiger partial charge in [0, 0.05) is 25.4 Å². The van der Waals surface area contributed by atoms with Crippen LogP contribution in [0.1, 0.15) is 22.7 Å². The fourth-order valence-electron chi connectivity index (χ4n) is 3.26. The van der Waals surface area contributed by atoms with E-state index in [4.69, 9.17) is 4.74 Å². The molecule has 5 heteroatoms. The van der Waals surface area contributed by atoms with E-state index in [9.17, 15) is 8.42 Å². The number of benzene rings is 2. The Bertz CT molecular complexity index is 803. The quantitative estimate of drug-likeness (QED) is 0.836. The van der Waals surface area contributed by atoms with Crippen LogP contribution in [0.25, 0.3) is 0 Å². The lowest BCUT2D eigenvalue weighted by Gasteiger charge is -2.37. The van der Waals surface area contributed by atoms with E-state index in [0.29, 0.717) is 6.54 Å². The van der Waals surface area contributed by atoms with Crippen molar-refractivity contribution in [3.05, 3.63) is 65.2 Å². The second-order valence-corrected chi connectivity index (χ2v) is 8.63. The topological polar surface area (TPSA) is 46.6 Å². The summed E-state index contributed by atoms with van der Waals surface area (Å²) in [6.45, 7) is 1.27. The summed E-state index contributed by atoms with van der Waals surface area (Å²) in [4.78, 5) is 2.26. The van der Waals surface area contributed by atoms with Gasteiger partial charge in [0.15, 0.2) is 0 Å². The fourth-order valence-corrected chi connectivity index (χ4v) is 3.83. The van der Waals surface area contributed by atoms with Crippen molar-refractivity contribution in [2.24, 2.45) is 0 Å². The number of fused-ring (bicyclic) bond motifs is 1. The maximum atomic E-state index is 11.6. The van der Waals surface area contributed by atoms with Crippen LogP contribution in [-0.4, -0.2) is 39.0 Å². The number of rotatable bonds is 5. The third-order valence-electron chi connectivity index (χ3n) is 4.57. The standard InChI is InChI=1S/C19H23NO3S/c1-23-18-9-8-16-13-19(15-6-4-3-5-7-15)20(14-17(16)12-18)10-11-24(2,21)22/h3-9,12,19H,10-11,13-14H2,1-2H3/t19-/m1/s1. The molecular formula is C19H23NO3S. The van der Waals surface area contributed by atoms with E-state index in [1.165, 1.54) is 22.9 Å². The van der Waals surface area contributed by atoms with E-state index in [1.807, 2.05) is 24.3 Å². The monoisotopic (exact) mass is 345 g/mol. The highest BCUT2D eigenvalue weighted by Crippen LogP contribution is 2.34. The molecule has 0 fully saturated rings. The Morgan fingerprint density at radius 3 is 2.54 bits per heavy atom. The summed E-state index contributed by atoms with van der Waals surface area (Å²) in [7, 11) is -1.32. The minimum atomic E-state index is -2.99. The van der Waals surface area contributed by atoms with E-state index >= 15 is 0 Å². The largest absolute Gasteiger partial charge is 0.497 e. The van der Waals surface area contributed by atoms with Crippen LogP contribution in [-0.2, 0) is 22.8 Å². The molecule has 0 N–H and O–H groups in total. The molecule has 0 unspecified atom stereocenters. The Kier molecular flexibility index (Phi) is 4.92. The predicted octanol–water partition coefficient (Wildman–Crippen LogP) is 2.84. The van der Waals surface area contributed by atoms with Crippen LogP contribution in [0.15, 0.2) is 48.5 Å². The van der Waals surface area contributed by atoms with Gasteiger partial charge in [-0.25, -0.2) is 8.42 Å². The van der Waals surface area contributed by atoms with Crippen molar-refractivity contribution in [3.8, 4) is 5.75 Å². The van der Waals surface area contributed by atoms with Crippen LogP contribution >= 0.6 is 0 Å². The average molecular weight is 345 g/mol. The highest BCUT2D eigenvalue weighted by Gasteiger charge is 2.28. The summed E-state index contributed by atoms with van der Waals surface area (Å²) in [5, 5.41) is 0. The molecule has 2 aromatic carbocycles. The molecule has 0 aliphatic carbocycles. The molecule has 0 saturated carbocycles. The Morgan fingerprint density at radius 1 is 1.12 bits per heavy atom. The van der Waals surface area contributed by atoms with Crippen LogP contribution in [0.3, 0.4) is 0 Å². The van der Waals surface area contributed by atoms with Gasteiger partial charge in [-0.1, -0.05) is 36.4 Å². The highest BCUT2D eigenvalue weighted by molar-refractivity contribution is 7.90. The first-order valence-corrected chi connectivity index (χ1v) is 10.1. The molecule has 0 amide bonds. The molecule has 0 saturated heterocycles. The summed E-state index contributed by atoms with van der Waals surface area (Å²) in [6.07, 6.45) is 2.18. The summed E-state index contributed by atoms with van der Waals surface area (Å²) >= 11 is 0. The first-order valence-electron chi connectivity index (χ1n) is 8.09. The van der Waals surface area contributed by atoms with Gasteiger partial charge in [-0.2, -0.15) is 0 Å². The van der Waals surface area contributed by atoms with E-state index in [0.717, 1.165) is 18.7 Å². The van der Waals surface area contributed by atoms with Crippen LogP contribution < -0.4 is 4.74 Å². The van der Waals surface area contributed by atoms with Crippen LogP contribution in [0.5, 0.6) is 5.75 Å². The predicted molar refractivity (Wildman–Crippen MR) is 96.0 cm³/mol. The molecule has 128 valence electrons. The van der Waals surface area contributed by atoms with Gasteiger partial charge in [0.25, 0.3) is 0 Å². The van der Waals surface area contributed by atoms with Crippen molar-refractivity contribution < 1.29 is 13.2 Å². The van der Waals surface area contributed by atoms with Crippen LogP contribution in [0.2, 0.25) is 0 Å². The first-order chi connectivity index (χ1) is 11.5. The van der Waals surface area contributed by atoms with Gasteiger partial charge in [-0.15, -0.1) is 0 Å². The summed E-state index contributed by atoms with van der Waals surface area (Å²) < 4.78 is 28.6. The molecule has 2 aromatic rings. The van der Waals surface area contributed by atoms with Gasteiger partial charge in [-0.05, 0) is 35.2 Å². The van der Waals surface area contributed by atoms with E-state index < -0.39 is 9.84 Å². The zero-order valence-electron chi connectivity index (χ0n) is 14.1. The summed E-state index contributed by atoms with van der Waals surface area (Å²) in [5.41, 5.74) is 3.75. The van der Waals surface area contributed by atoms with Crippen molar-refractivity contribution in [2.45, 2.75) is 19.0 Å². The van der Waals surface area contributed by atoms with Crippen molar-refractivity contribution in [1.29, 1.82) is 0 Å². The van der Waals surface area contributed by atoms with Gasteiger partial charge in [-0.3, -0.25) is 4.90 Å². The lowest BCUT2D eigenvalue weighted by Crippen LogP contribution is -2.37. The molecule has 1 aliphatic heterocycles. The van der Waals surface area contributed by atoms with Gasteiger partial charge in [0.1, 0.15) is 15.6 Å². The Labute approximate surface area is 144 Å². The Balaban J connectivity index is 1.92. The van der Waals surface area contributed by atoms with Crippen molar-refractivity contribution in [1.82, 2.24) is 4.90 Å². The normalized spacial score (nSPS) is 18.2. The Morgan fingerprint density at radius 2 is 1.88 bits per heavy atom. The van der Waals surface area contributed by atoms with E-state index in [-0.39, 0.29) is 11.8 Å². The second-order valence-electron chi connectivity index (χ2n) is 6.37. The fraction of sp³-hybridized carbons (Fsp3) is 0.368. The number of ether oxygens (including phenoxy) is 1. The minimum absolute atomic E-state index is 0.176. The third-order valence-corrected chi connectivity index (χ3v) is 5.50. The molecular weight excluding hydrogens is 322 g/mol. The molecule has 1 atom stereocenters. The Hall–Kier alpha value is -1.85. The maximum Gasteiger partial charge on any atom is 0.148 e. The van der Waals surface area contributed by atoms with Gasteiger partial charge in [0.2, 0.25) is 0 Å². The maximum absolute atomic E-state index is 11.6. The lowest BCUT2D eigenvalue weighted by atomic mass is 9.90. The lowest BCUT2D eigenvalue weighted by molar-refractivity contribution is 0.183. The van der Waals surface area contributed by atoms with Gasteiger partial charge < -0.3 is 4.74 Å².